The van der Waals surface area contributed by atoms with Gasteiger partial charge in [0.05, 0.1) is 22.1 Å². The average Bonchev–Trinajstić information content (AvgIpc) is 3.80. The van der Waals surface area contributed by atoms with Gasteiger partial charge in [-0.25, -0.2) is 14.5 Å². The Balaban J connectivity index is 1.27. The number of hydrogen-bond donors (Lipinski definition) is 0. The summed E-state index contributed by atoms with van der Waals surface area (Å²) in [7, 11) is 0. The Morgan fingerprint density at radius 1 is 0.468 bits per heavy atom. The van der Waals surface area contributed by atoms with Crippen LogP contribution in [0.5, 0.6) is 0 Å². The first kappa shape index (κ1) is 26.1. The van der Waals surface area contributed by atoms with Crippen molar-refractivity contribution < 1.29 is 0 Å². The molecule has 4 aromatic heterocycles. The molecular formula is C40H24N6S. The van der Waals surface area contributed by atoms with Gasteiger partial charge in [-0.1, -0.05) is 115 Å². The van der Waals surface area contributed by atoms with Gasteiger partial charge in [0.1, 0.15) is 0 Å². The molecule has 10 aromatic rings. The monoisotopic (exact) mass is 620 g/mol. The summed E-state index contributed by atoms with van der Waals surface area (Å²) in [5, 5.41) is 2.58. The first-order valence-electron chi connectivity index (χ1n) is 15.5. The molecular weight excluding hydrogens is 597 g/mol. The van der Waals surface area contributed by atoms with E-state index in [1.165, 1.54) is 25.7 Å². The van der Waals surface area contributed by atoms with Crippen molar-refractivity contribution in [3.63, 3.8) is 0 Å². The summed E-state index contributed by atoms with van der Waals surface area (Å²) in [5.41, 5.74) is 8.16. The number of benzene rings is 6. The second-order valence-corrected chi connectivity index (χ2v) is 12.6. The molecule has 0 amide bonds. The zero-order chi connectivity index (χ0) is 30.9. The van der Waals surface area contributed by atoms with E-state index in [4.69, 9.17) is 19.9 Å². The molecule has 4 heterocycles. The van der Waals surface area contributed by atoms with Crippen LogP contribution in [0.1, 0.15) is 0 Å². The first-order valence-corrected chi connectivity index (χ1v) is 16.3. The lowest BCUT2D eigenvalue weighted by atomic mass is 10.0. The Morgan fingerprint density at radius 3 is 1.94 bits per heavy atom. The van der Waals surface area contributed by atoms with Crippen molar-refractivity contribution in [1.29, 1.82) is 0 Å². The molecule has 0 radical (unpaired) electrons. The second kappa shape index (κ2) is 10.2. The van der Waals surface area contributed by atoms with E-state index in [2.05, 4.69) is 87.8 Å². The van der Waals surface area contributed by atoms with Crippen LogP contribution < -0.4 is 0 Å². The molecule has 0 aliphatic heterocycles. The number of rotatable bonds is 4. The van der Waals surface area contributed by atoms with Gasteiger partial charge in [-0.15, -0.1) is 11.3 Å². The molecule has 6 aromatic carbocycles. The zero-order valence-corrected chi connectivity index (χ0v) is 25.8. The maximum absolute atomic E-state index is 5.14. The van der Waals surface area contributed by atoms with E-state index in [0.29, 0.717) is 17.6 Å². The molecule has 0 N–H and O–H groups in total. The van der Waals surface area contributed by atoms with Crippen molar-refractivity contribution in [2.75, 3.05) is 0 Å². The van der Waals surface area contributed by atoms with E-state index in [-0.39, 0.29) is 0 Å². The highest BCUT2D eigenvalue weighted by Crippen LogP contribution is 2.41. The minimum Gasteiger partial charge on any atom is -0.276 e. The van der Waals surface area contributed by atoms with E-state index in [1.54, 1.807) is 0 Å². The highest BCUT2D eigenvalue weighted by Gasteiger charge is 2.22. The fourth-order valence-electron chi connectivity index (χ4n) is 6.64. The normalized spacial score (nSPS) is 11.8. The third-order valence-corrected chi connectivity index (χ3v) is 10.0. The quantitative estimate of drug-likeness (QED) is 0.196. The number of thiophene rings is 1. The summed E-state index contributed by atoms with van der Waals surface area (Å²) in [6, 6.07) is 50.3. The number of fused-ring (bicyclic) bond motifs is 8. The molecule has 0 unspecified atom stereocenters. The van der Waals surface area contributed by atoms with Gasteiger partial charge in [0.2, 0.25) is 11.7 Å². The topological polar surface area (TPSA) is 60.9 Å². The van der Waals surface area contributed by atoms with Crippen LogP contribution in [0.15, 0.2) is 146 Å². The summed E-state index contributed by atoms with van der Waals surface area (Å²) >= 11 is 1.85. The summed E-state index contributed by atoms with van der Waals surface area (Å²) in [6.07, 6.45) is 0. The van der Waals surface area contributed by atoms with Crippen LogP contribution in [0.3, 0.4) is 0 Å². The van der Waals surface area contributed by atoms with Crippen LogP contribution in [-0.4, -0.2) is 28.9 Å². The highest BCUT2D eigenvalue weighted by molar-refractivity contribution is 7.26. The molecule has 0 spiro atoms. The molecule has 7 heteroatoms. The Hall–Kier alpha value is -6.18. The van der Waals surface area contributed by atoms with E-state index >= 15 is 0 Å². The van der Waals surface area contributed by atoms with Crippen LogP contribution in [0, 0.1) is 0 Å². The van der Waals surface area contributed by atoms with Crippen LogP contribution in [0.25, 0.3) is 87.9 Å². The van der Waals surface area contributed by atoms with Gasteiger partial charge in [-0.2, -0.15) is 9.97 Å². The summed E-state index contributed by atoms with van der Waals surface area (Å²) in [5.74, 6) is 2.49. The van der Waals surface area contributed by atoms with Gasteiger partial charge in [-0.05, 0) is 41.5 Å². The van der Waals surface area contributed by atoms with E-state index in [0.717, 1.165) is 44.5 Å². The molecule has 0 fully saturated rings. The van der Waals surface area contributed by atoms with Crippen molar-refractivity contribution in [3.05, 3.63) is 146 Å². The fraction of sp³-hybridized carbons (Fsp3) is 0. The summed E-state index contributed by atoms with van der Waals surface area (Å²) < 4.78 is 6.88. The molecule has 0 aliphatic rings. The van der Waals surface area contributed by atoms with Gasteiger partial charge in [0, 0.05) is 31.3 Å². The minimum absolute atomic E-state index is 0.521. The lowest BCUT2D eigenvalue weighted by molar-refractivity contribution is 0.937. The van der Waals surface area contributed by atoms with Crippen LogP contribution >= 0.6 is 11.3 Å². The summed E-state index contributed by atoms with van der Waals surface area (Å²) in [6.45, 7) is 0. The van der Waals surface area contributed by atoms with Gasteiger partial charge < -0.3 is 0 Å². The van der Waals surface area contributed by atoms with Crippen molar-refractivity contribution in [2.45, 2.75) is 0 Å². The Morgan fingerprint density at radius 2 is 1.15 bits per heavy atom. The molecule has 0 bridgehead atoms. The number of para-hydroxylation sites is 2. The number of aromatic nitrogens is 6. The Labute approximate surface area is 272 Å². The maximum Gasteiger partial charge on any atom is 0.241 e. The Bertz CT molecular complexity index is 2740. The second-order valence-electron chi connectivity index (χ2n) is 11.6. The molecule has 220 valence electrons. The first-order chi connectivity index (χ1) is 23.3. The molecule has 6 nitrogen and oxygen atoms in total. The van der Waals surface area contributed by atoms with Gasteiger partial charge in [-0.3, -0.25) is 4.40 Å². The fourth-order valence-corrected chi connectivity index (χ4v) is 7.88. The van der Waals surface area contributed by atoms with E-state index in [1.807, 2.05) is 78.1 Å². The van der Waals surface area contributed by atoms with Crippen molar-refractivity contribution in [1.82, 2.24) is 28.9 Å². The van der Waals surface area contributed by atoms with Gasteiger partial charge >= 0.3 is 0 Å². The highest BCUT2D eigenvalue weighted by atomic mass is 32.1. The largest absolute Gasteiger partial charge is 0.276 e. The van der Waals surface area contributed by atoms with E-state index in [9.17, 15) is 0 Å². The lowest BCUT2D eigenvalue weighted by Crippen LogP contribution is -2.07. The molecule has 0 aliphatic carbocycles. The zero-order valence-electron chi connectivity index (χ0n) is 24.9. The predicted molar refractivity (Wildman–Crippen MR) is 192 cm³/mol. The number of imidazole rings is 2. The third kappa shape index (κ3) is 4.03. The lowest BCUT2D eigenvalue weighted by Gasteiger charge is -2.10. The Kier molecular flexibility index (Phi) is 5.64. The van der Waals surface area contributed by atoms with Gasteiger partial charge in [0.15, 0.2) is 11.6 Å². The van der Waals surface area contributed by atoms with Crippen molar-refractivity contribution >= 4 is 59.4 Å². The van der Waals surface area contributed by atoms with Gasteiger partial charge in [0.25, 0.3) is 0 Å². The smallest absolute Gasteiger partial charge is 0.241 e. The predicted octanol–water partition coefficient (Wildman–Crippen LogP) is 9.99. The van der Waals surface area contributed by atoms with Crippen LogP contribution in [-0.2, 0) is 0 Å². The minimum atomic E-state index is 0.521. The molecule has 47 heavy (non-hydrogen) atoms. The number of nitrogens with zero attached hydrogens (tertiary/aromatic N) is 6. The molecule has 0 atom stereocenters. The molecule has 0 saturated carbocycles. The van der Waals surface area contributed by atoms with Crippen molar-refractivity contribution in [2.24, 2.45) is 0 Å². The van der Waals surface area contributed by atoms with Crippen LogP contribution in [0.2, 0.25) is 0 Å². The standard InChI is InChI=1S/C40H24N6S/c1-3-12-25(13-4-1)37-42-38(26-14-5-2-6-15-26)44-39(43-37)46-33-23-22-27(24-34(33)45-32-20-9-8-19-31(32)41-40(45)46)28-17-11-18-30-29-16-7-10-21-35(29)47-36(28)30/h1-24H. The summed E-state index contributed by atoms with van der Waals surface area (Å²) in [4.78, 5) is 20.2. The van der Waals surface area contributed by atoms with Crippen LogP contribution in [0.4, 0.5) is 0 Å². The molecule has 0 saturated heterocycles. The number of hydrogen-bond acceptors (Lipinski definition) is 5. The van der Waals surface area contributed by atoms with Crippen molar-refractivity contribution in [3.8, 4) is 39.9 Å². The SMILES string of the molecule is c1ccc(-c2nc(-c3ccccc3)nc(-n3c4ccc(-c5cccc6c5sc5ccccc56)cc4n4c5ccccc5nc34)n2)cc1. The molecule has 10 rings (SSSR count). The average molecular weight is 621 g/mol. The maximum atomic E-state index is 5.14. The third-order valence-electron chi connectivity index (χ3n) is 8.80. The van der Waals surface area contributed by atoms with E-state index < -0.39 is 0 Å².